The van der Waals surface area contributed by atoms with Crippen LogP contribution in [0.3, 0.4) is 0 Å². The van der Waals surface area contributed by atoms with Gasteiger partial charge in [-0.05, 0) is 0 Å². The first-order chi connectivity index (χ1) is 8.63. The van der Waals surface area contributed by atoms with Crippen molar-refractivity contribution < 1.29 is 29.3 Å². The van der Waals surface area contributed by atoms with Crippen LogP contribution in [-0.2, 0) is 19.1 Å². The van der Waals surface area contributed by atoms with Crippen molar-refractivity contribution in [3.63, 3.8) is 0 Å². The fraction of sp³-hybridized carbons (Fsp3) is 0.636. The number of methoxy groups -OCH3 is 1. The van der Waals surface area contributed by atoms with Gasteiger partial charge in [0.15, 0.2) is 0 Å². The number of hydrogen-bond acceptors (Lipinski definition) is 7. The Balaban J connectivity index is 3.83. The number of carbonyl (C=O) groups is 2. The Bertz CT molecular complexity index is 273. The van der Waals surface area contributed by atoms with Crippen LogP contribution in [0.1, 0.15) is 0 Å². The fourth-order valence-corrected chi connectivity index (χ4v) is 1.15. The van der Waals surface area contributed by atoms with E-state index in [4.69, 9.17) is 14.9 Å². The van der Waals surface area contributed by atoms with Crippen LogP contribution in [0.4, 0.5) is 0 Å². The number of esters is 2. The number of carbonyl (C=O) groups excluding carboxylic acids is 2. The maximum absolute atomic E-state index is 11.1. The molecule has 0 rings (SSSR count). The second-order valence-corrected chi connectivity index (χ2v) is 3.31. The van der Waals surface area contributed by atoms with Gasteiger partial charge in [0.05, 0.1) is 20.3 Å². The van der Waals surface area contributed by atoms with Crippen LogP contribution in [0.5, 0.6) is 0 Å². The Morgan fingerprint density at radius 1 is 1.06 bits per heavy atom. The molecule has 0 amide bonds. The predicted molar refractivity (Wildman–Crippen MR) is 62.7 cm³/mol. The summed E-state index contributed by atoms with van der Waals surface area (Å²) in [5.41, 5.74) is 0. The lowest BCUT2D eigenvalue weighted by molar-refractivity contribution is -0.139. The van der Waals surface area contributed by atoms with E-state index in [1.807, 2.05) is 0 Å². The van der Waals surface area contributed by atoms with Crippen molar-refractivity contribution in [1.29, 1.82) is 0 Å². The highest BCUT2D eigenvalue weighted by molar-refractivity contribution is 5.91. The largest absolute Gasteiger partial charge is 0.466 e. The zero-order chi connectivity index (χ0) is 13.8. The van der Waals surface area contributed by atoms with Crippen LogP contribution in [-0.4, -0.2) is 73.6 Å². The Morgan fingerprint density at radius 3 is 2.11 bits per heavy atom. The number of aliphatic hydroxyl groups is 2. The molecule has 0 atom stereocenters. The topological polar surface area (TPSA) is 96.3 Å². The minimum absolute atomic E-state index is 0.0316. The van der Waals surface area contributed by atoms with Gasteiger partial charge in [0, 0.05) is 31.8 Å². The van der Waals surface area contributed by atoms with Gasteiger partial charge in [0.1, 0.15) is 6.61 Å². The van der Waals surface area contributed by atoms with Gasteiger partial charge in [-0.25, -0.2) is 9.59 Å². The summed E-state index contributed by atoms with van der Waals surface area (Å²) in [6, 6.07) is 0. The van der Waals surface area contributed by atoms with Crippen molar-refractivity contribution in [1.82, 2.24) is 4.90 Å². The zero-order valence-corrected chi connectivity index (χ0v) is 10.4. The van der Waals surface area contributed by atoms with Crippen LogP contribution in [0.15, 0.2) is 12.2 Å². The molecule has 0 fully saturated rings. The standard InChI is InChI=1S/C11H19NO6/c1-17-10(15)2-3-11(16)18-9-6-12(4-7-13)5-8-14/h2-3,13-14H,4-9H2,1H3/b3-2+. The van der Waals surface area contributed by atoms with E-state index in [1.54, 1.807) is 4.90 Å². The van der Waals surface area contributed by atoms with Crippen LogP contribution < -0.4 is 0 Å². The first-order valence-electron chi connectivity index (χ1n) is 5.51. The molecule has 7 nitrogen and oxygen atoms in total. The molecule has 18 heavy (non-hydrogen) atoms. The first kappa shape index (κ1) is 16.6. The molecule has 0 saturated carbocycles. The minimum Gasteiger partial charge on any atom is -0.466 e. The summed E-state index contributed by atoms with van der Waals surface area (Å²) in [4.78, 5) is 23.6. The molecule has 2 N–H and O–H groups in total. The molecule has 0 bridgehead atoms. The molecule has 0 aliphatic heterocycles. The summed E-state index contributed by atoms with van der Waals surface area (Å²) in [7, 11) is 1.21. The third-order valence-corrected chi connectivity index (χ3v) is 2.04. The summed E-state index contributed by atoms with van der Waals surface area (Å²) < 4.78 is 9.13. The molecule has 0 aliphatic rings. The SMILES string of the molecule is COC(=O)/C=C/C(=O)OCCN(CCO)CCO. The number of hydrogen-bond donors (Lipinski definition) is 2. The van der Waals surface area contributed by atoms with Crippen molar-refractivity contribution >= 4 is 11.9 Å². The molecule has 0 aliphatic carbocycles. The molecule has 0 unspecified atom stereocenters. The molecule has 7 heteroatoms. The van der Waals surface area contributed by atoms with Gasteiger partial charge in [-0.1, -0.05) is 0 Å². The lowest BCUT2D eigenvalue weighted by atomic mass is 10.4. The molecule has 0 aromatic rings. The van der Waals surface area contributed by atoms with Crippen LogP contribution in [0.2, 0.25) is 0 Å². The average Bonchev–Trinajstić information content (AvgIpc) is 2.36. The molecule has 0 heterocycles. The van der Waals surface area contributed by atoms with Crippen LogP contribution >= 0.6 is 0 Å². The van der Waals surface area contributed by atoms with Gasteiger partial charge in [0.2, 0.25) is 0 Å². The highest BCUT2D eigenvalue weighted by Gasteiger charge is 2.05. The average molecular weight is 261 g/mol. The highest BCUT2D eigenvalue weighted by Crippen LogP contribution is 1.89. The molecule has 0 aromatic carbocycles. The molecule has 0 saturated heterocycles. The fourth-order valence-electron chi connectivity index (χ4n) is 1.15. The van der Waals surface area contributed by atoms with E-state index in [1.165, 1.54) is 7.11 Å². The highest BCUT2D eigenvalue weighted by atomic mass is 16.5. The molecule has 104 valence electrons. The molecule has 0 spiro atoms. The third kappa shape index (κ3) is 8.68. The summed E-state index contributed by atoms with van der Waals surface area (Å²) in [6.45, 7) is 1.25. The van der Waals surface area contributed by atoms with Gasteiger partial charge < -0.3 is 19.7 Å². The maximum atomic E-state index is 11.1. The summed E-state index contributed by atoms with van der Waals surface area (Å²) in [5, 5.41) is 17.5. The monoisotopic (exact) mass is 261 g/mol. The van der Waals surface area contributed by atoms with Crippen LogP contribution in [0, 0.1) is 0 Å². The second-order valence-electron chi connectivity index (χ2n) is 3.31. The van der Waals surface area contributed by atoms with Crippen molar-refractivity contribution in [2.45, 2.75) is 0 Å². The van der Waals surface area contributed by atoms with Gasteiger partial charge in [-0.15, -0.1) is 0 Å². The number of rotatable bonds is 9. The van der Waals surface area contributed by atoms with E-state index < -0.39 is 11.9 Å². The first-order valence-corrected chi connectivity index (χ1v) is 5.51. The summed E-state index contributed by atoms with van der Waals surface area (Å²) in [5.74, 6) is -1.28. The van der Waals surface area contributed by atoms with Crippen molar-refractivity contribution in [3.05, 3.63) is 12.2 Å². The predicted octanol–water partition coefficient (Wildman–Crippen LogP) is -1.45. The van der Waals surface area contributed by atoms with E-state index >= 15 is 0 Å². The Kier molecular flexibility index (Phi) is 9.84. The normalized spacial score (nSPS) is 10.9. The van der Waals surface area contributed by atoms with Gasteiger partial charge in [0.25, 0.3) is 0 Å². The minimum atomic E-state index is -0.645. The van der Waals surface area contributed by atoms with E-state index in [0.717, 1.165) is 12.2 Å². The van der Waals surface area contributed by atoms with Crippen molar-refractivity contribution in [3.8, 4) is 0 Å². The molecular weight excluding hydrogens is 242 g/mol. The van der Waals surface area contributed by atoms with Crippen molar-refractivity contribution in [2.24, 2.45) is 0 Å². The Hall–Kier alpha value is -1.44. The number of aliphatic hydroxyl groups excluding tert-OH is 2. The van der Waals surface area contributed by atoms with E-state index in [-0.39, 0.29) is 19.8 Å². The van der Waals surface area contributed by atoms with Crippen LogP contribution in [0.25, 0.3) is 0 Å². The van der Waals surface area contributed by atoms with E-state index in [2.05, 4.69) is 4.74 Å². The molecule has 0 aromatic heterocycles. The second kappa shape index (κ2) is 10.7. The smallest absolute Gasteiger partial charge is 0.331 e. The van der Waals surface area contributed by atoms with Gasteiger partial charge >= 0.3 is 11.9 Å². The Labute approximate surface area is 106 Å². The molecule has 0 radical (unpaired) electrons. The lowest BCUT2D eigenvalue weighted by Crippen LogP contribution is -2.33. The summed E-state index contributed by atoms with van der Waals surface area (Å²) in [6.07, 6.45) is 1.95. The maximum Gasteiger partial charge on any atom is 0.331 e. The zero-order valence-electron chi connectivity index (χ0n) is 10.4. The Morgan fingerprint density at radius 2 is 1.61 bits per heavy atom. The third-order valence-electron chi connectivity index (χ3n) is 2.04. The summed E-state index contributed by atoms with van der Waals surface area (Å²) >= 11 is 0. The van der Waals surface area contributed by atoms with E-state index in [0.29, 0.717) is 19.6 Å². The van der Waals surface area contributed by atoms with Gasteiger partial charge in [-0.2, -0.15) is 0 Å². The quantitative estimate of drug-likeness (QED) is 0.387. The van der Waals surface area contributed by atoms with E-state index in [9.17, 15) is 9.59 Å². The van der Waals surface area contributed by atoms with Crippen molar-refractivity contribution in [2.75, 3.05) is 46.6 Å². The number of nitrogens with zero attached hydrogens (tertiary/aromatic N) is 1. The van der Waals surface area contributed by atoms with Gasteiger partial charge in [-0.3, -0.25) is 4.90 Å². The molecular formula is C11H19NO6. The number of ether oxygens (including phenoxy) is 2. The lowest BCUT2D eigenvalue weighted by Gasteiger charge is -2.19.